The molecule has 4 heterocycles. The quantitative estimate of drug-likeness (QED) is 0.436. The number of aryl methyl sites for hydroxylation is 2. The predicted octanol–water partition coefficient (Wildman–Crippen LogP) is 1.10. The molecular formula is C20H29N7O4S2. The number of unbranched alkanes of at least 4 members (excludes halogenated alkanes) is 1. The van der Waals surface area contributed by atoms with Crippen molar-refractivity contribution in [1.82, 2.24) is 33.9 Å². The Kier molecular flexibility index (Phi) is 6.80. The SMILES string of the molecule is CCCCn1c(=O)[nH]c(=O)c2c1nc(CSc1nnc(C[C@H]3CCS(=O)(=O)C3)n1C)n2CC. The van der Waals surface area contributed by atoms with Crippen LogP contribution in [0.3, 0.4) is 0 Å². The first-order valence-corrected chi connectivity index (χ1v) is 14.0. The van der Waals surface area contributed by atoms with Crippen LogP contribution in [0, 0.1) is 5.92 Å². The lowest BCUT2D eigenvalue weighted by Crippen LogP contribution is -2.31. The molecule has 1 N–H and O–H groups in total. The molecule has 3 aromatic heterocycles. The third-order valence-corrected chi connectivity index (χ3v) is 8.92. The van der Waals surface area contributed by atoms with Gasteiger partial charge in [-0.3, -0.25) is 14.3 Å². The maximum Gasteiger partial charge on any atom is 0.330 e. The molecule has 13 heteroatoms. The van der Waals surface area contributed by atoms with E-state index in [-0.39, 0.29) is 17.4 Å². The highest BCUT2D eigenvalue weighted by Crippen LogP contribution is 2.26. The molecule has 1 fully saturated rings. The minimum Gasteiger partial charge on any atom is -0.322 e. The Morgan fingerprint density at radius 1 is 1.15 bits per heavy atom. The fourth-order valence-electron chi connectivity index (χ4n) is 4.26. The first kappa shape index (κ1) is 23.7. The monoisotopic (exact) mass is 495 g/mol. The first-order chi connectivity index (χ1) is 15.7. The highest BCUT2D eigenvalue weighted by molar-refractivity contribution is 7.98. The zero-order valence-corrected chi connectivity index (χ0v) is 20.7. The number of H-pyrrole nitrogens is 1. The van der Waals surface area contributed by atoms with Crippen LogP contribution < -0.4 is 11.2 Å². The fourth-order valence-corrected chi connectivity index (χ4v) is 7.00. The molecule has 180 valence electrons. The van der Waals surface area contributed by atoms with E-state index in [1.807, 2.05) is 30.0 Å². The summed E-state index contributed by atoms with van der Waals surface area (Å²) in [6.07, 6.45) is 2.97. The van der Waals surface area contributed by atoms with Crippen molar-refractivity contribution >= 4 is 32.8 Å². The van der Waals surface area contributed by atoms with E-state index >= 15 is 0 Å². The molecule has 4 rings (SSSR count). The van der Waals surface area contributed by atoms with Crippen LogP contribution in [0.5, 0.6) is 0 Å². The Bertz CT molecular complexity index is 1380. The maximum absolute atomic E-state index is 12.6. The Morgan fingerprint density at radius 3 is 2.61 bits per heavy atom. The summed E-state index contributed by atoms with van der Waals surface area (Å²) in [5.41, 5.74) is -0.0470. The van der Waals surface area contributed by atoms with Gasteiger partial charge in [0.25, 0.3) is 5.56 Å². The second kappa shape index (κ2) is 9.45. The molecule has 0 unspecified atom stereocenters. The molecule has 0 aromatic carbocycles. The van der Waals surface area contributed by atoms with Crippen LogP contribution >= 0.6 is 11.8 Å². The standard InChI is InChI=1S/C20H29N7O4S2/c1-4-6-8-27-17-16(18(28)22-19(27)29)26(5-2)15(21-17)11-32-20-24-23-14(25(20)3)10-13-7-9-33(30,31)12-13/h13H,4-12H2,1-3H3,(H,22,28,29)/t13-/m1/s1. The highest BCUT2D eigenvalue weighted by Gasteiger charge is 2.29. The Balaban J connectivity index is 1.57. The van der Waals surface area contributed by atoms with E-state index in [4.69, 9.17) is 0 Å². The van der Waals surface area contributed by atoms with Crippen LogP contribution in [-0.4, -0.2) is 53.8 Å². The largest absolute Gasteiger partial charge is 0.330 e. The van der Waals surface area contributed by atoms with Gasteiger partial charge < -0.3 is 9.13 Å². The van der Waals surface area contributed by atoms with Gasteiger partial charge in [-0.25, -0.2) is 18.2 Å². The lowest BCUT2D eigenvalue weighted by Gasteiger charge is -2.08. The number of sulfone groups is 1. The Labute approximate surface area is 195 Å². The van der Waals surface area contributed by atoms with Crippen molar-refractivity contribution in [3.8, 4) is 0 Å². The summed E-state index contributed by atoms with van der Waals surface area (Å²) >= 11 is 1.45. The van der Waals surface area contributed by atoms with Gasteiger partial charge in [-0.15, -0.1) is 10.2 Å². The minimum absolute atomic E-state index is 0.0756. The van der Waals surface area contributed by atoms with Gasteiger partial charge in [0.15, 0.2) is 26.2 Å². The average molecular weight is 496 g/mol. The molecule has 0 spiro atoms. The maximum atomic E-state index is 12.6. The van der Waals surface area contributed by atoms with Crippen LogP contribution in [0.2, 0.25) is 0 Å². The summed E-state index contributed by atoms with van der Waals surface area (Å²) in [6, 6.07) is 0. The van der Waals surface area contributed by atoms with E-state index in [0.29, 0.717) is 53.8 Å². The number of aromatic nitrogens is 7. The van der Waals surface area contributed by atoms with Crippen molar-refractivity contribution < 1.29 is 8.42 Å². The molecule has 0 amide bonds. The van der Waals surface area contributed by atoms with Crippen molar-refractivity contribution in [3.05, 3.63) is 32.5 Å². The van der Waals surface area contributed by atoms with Crippen molar-refractivity contribution in [3.63, 3.8) is 0 Å². The normalized spacial score (nSPS) is 17.8. The van der Waals surface area contributed by atoms with Gasteiger partial charge in [-0.1, -0.05) is 25.1 Å². The summed E-state index contributed by atoms with van der Waals surface area (Å²) in [7, 11) is -1.06. The van der Waals surface area contributed by atoms with E-state index in [2.05, 4.69) is 20.2 Å². The van der Waals surface area contributed by atoms with Gasteiger partial charge in [-0.2, -0.15) is 0 Å². The molecule has 0 aliphatic carbocycles. The lowest BCUT2D eigenvalue weighted by atomic mass is 10.1. The Hall–Kier alpha value is -2.41. The second-order valence-electron chi connectivity index (χ2n) is 8.43. The molecule has 1 aliphatic heterocycles. The number of nitrogens with one attached hydrogen (secondary N) is 1. The molecule has 3 aromatic rings. The van der Waals surface area contributed by atoms with E-state index in [1.54, 1.807) is 0 Å². The number of rotatable bonds is 9. The number of aromatic amines is 1. The number of nitrogens with zero attached hydrogens (tertiary/aromatic N) is 6. The van der Waals surface area contributed by atoms with Crippen molar-refractivity contribution in [2.45, 2.75) is 63.5 Å². The average Bonchev–Trinajstić information content (AvgIpc) is 3.42. The molecular weight excluding hydrogens is 466 g/mol. The molecule has 1 aliphatic rings. The van der Waals surface area contributed by atoms with Crippen LogP contribution in [-0.2, 0) is 42.1 Å². The third kappa shape index (κ3) is 4.79. The number of fused-ring (bicyclic) bond motifs is 1. The summed E-state index contributed by atoms with van der Waals surface area (Å²) < 4.78 is 28.7. The van der Waals surface area contributed by atoms with Crippen LogP contribution in [0.1, 0.15) is 44.8 Å². The second-order valence-corrected chi connectivity index (χ2v) is 11.6. The van der Waals surface area contributed by atoms with Crippen molar-refractivity contribution in [2.75, 3.05) is 11.5 Å². The zero-order chi connectivity index (χ0) is 23.8. The van der Waals surface area contributed by atoms with Crippen LogP contribution in [0.25, 0.3) is 11.2 Å². The number of imidazole rings is 1. The van der Waals surface area contributed by atoms with Gasteiger partial charge in [0.2, 0.25) is 0 Å². The van der Waals surface area contributed by atoms with E-state index < -0.39 is 21.1 Å². The van der Waals surface area contributed by atoms with Gasteiger partial charge in [0.1, 0.15) is 11.6 Å². The summed E-state index contributed by atoms with van der Waals surface area (Å²) in [5.74, 6) is 2.42. The minimum atomic E-state index is -2.93. The smallest absolute Gasteiger partial charge is 0.322 e. The summed E-state index contributed by atoms with van der Waals surface area (Å²) in [5, 5.41) is 9.23. The molecule has 11 nitrogen and oxygen atoms in total. The number of hydrogen-bond donors (Lipinski definition) is 1. The summed E-state index contributed by atoms with van der Waals surface area (Å²) in [6.45, 7) is 5.02. The summed E-state index contributed by atoms with van der Waals surface area (Å²) in [4.78, 5) is 32.0. The van der Waals surface area contributed by atoms with E-state index in [1.165, 1.54) is 16.3 Å². The predicted molar refractivity (Wildman–Crippen MR) is 126 cm³/mol. The Morgan fingerprint density at radius 2 is 1.94 bits per heavy atom. The molecule has 0 radical (unpaired) electrons. The van der Waals surface area contributed by atoms with Gasteiger partial charge in [-0.05, 0) is 25.7 Å². The molecule has 0 bridgehead atoms. The molecule has 1 saturated heterocycles. The zero-order valence-electron chi connectivity index (χ0n) is 19.1. The number of hydrogen-bond acceptors (Lipinski definition) is 8. The number of thioether (sulfide) groups is 1. The third-order valence-electron chi connectivity index (χ3n) is 6.07. The van der Waals surface area contributed by atoms with Crippen LogP contribution in [0.4, 0.5) is 0 Å². The van der Waals surface area contributed by atoms with E-state index in [0.717, 1.165) is 18.7 Å². The topological polar surface area (TPSA) is 138 Å². The van der Waals surface area contributed by atoms with Crippen molar-refractivity contribution in [1.29, 1.82) is 0 Å². The fraction of sp³-hybridized carbons (Fsp3) is 0.650. The molecule has 33 heavy (non-hydrogen) atoms. The van der Waals surface area contributed by atoms with E-state index in [9.17, 15) is 18.0 Å². The molecule has 1 atom stereocenters. The highest BCUT2D eigenvalue weighted by atomic mass is 32.2. The van der Waals surface area contributed by atoms with Gasteiger partial charge >= 0.3 is 5.69 Å². The first-order valence-electron chi connectivity index (χ1n) is 11.2. The molecule has 0 saturated carbocycles. The van der Waals surface area contributed by atoms with Crippen molar-refractivity contribution in [2.24, 2.45) is 13.0 Å². The van der Waals surface area contributed by atoms with Crippen LogP contribution in [0.15, 0.2) is 14.7 Å². The van der Waals surface area contributed by atoms with Gasteiger partial charge in [0, 0.05) is 26.6 Å². The van der Waals surface area contributed by atoms with Gasteiger partial charge in [0.05, 0.1) is 17.3 Å². The lowest BCUT2D eigenvalue weighted by molar-refractivity contribution is 0.552.